The SMILES string of the molecule is O=C(NN1C(=O)[C@@H]2[C@H](C1=O)[C@H]1C=C[C@@H]2C1)c1cccnc1. The Morgan fingerprint density at radius 1 is 1.19 bits per heavy atom. The van der Waals surface area contributed by atoms with Crippen molar-refractivity contribution in [2.24, 2.45) is 23.7 Å². The number of carbonyl (C=O) groups is 3. The van der Waals surface area contributed by atoms with Crippen molar-refractivity contribution in [3.05, 3.63) is 42.2 Å². The van der Waals surface area contributed by atoms with Crippen molar-refractivity contribution >= 4 is 17.7 Å². The van der Waals surface area contributed by atoms with Crippen LogP contribution in [0.3, 0.4) is 0 Å². The molecule has 1 N–H and O–H groups in total. The van der Waals surface area contributed by atoms with Gasteiger partial charge in [-0.1, -0.05) is 12.2 Å². The fourth-order valence-electron chi connectivity index (χ4n) is 3.68. The van der Waals surface area contributed by atoms with E-state index in [0.717, 1.165) is 11.4 Å². The van der Waals surface area contributed by atoms with Crippen molar-refractivity contribution in [3.8, 4) is 0 Å². The van der Waals surface area contributed by atoms with E-state index in [0.29, 0.717) is 5.56 Å². The molecule has 1 aliphatic heterocycles. The van der Waals surface area contributed by atoms with Gasteiger partial charge in [-0.15, -0.1) is 0 Å². The molecule has 6 nitrogen and oxygen atoms in total. The van der Waals surface area contributed by atoms with Crippen molar-refractivity contribution in [1.29, 1.82) is 0 Å². The van der Waals surface area contributed by atoms with Crippen molar-refractivity contribution in [3.63, 3.8) is 0 Å². The van der Waals surface area contributed by atoms with E-state index < -0.39 is 5.91 Å². The normalized spacial score (nSPS) is 32.7. The van der Waals surface area contributed by atoms with Crippen LogP contribution in [0.25, 0.3) is 0 Å². The molecule has 4 atom stereocenters. The van der Waals surface area contributed by atoms with Crippen LogP contribution < -0.4 is 5.43 Å². The lowest BCUT2D eigenvalue weighted by molar-refractivity contribution is -0.143. The molecule has 6 heteroatoms. The number of allylic oxidation sites excluding steroid dienone is 2. The molecule has 0 spiro atoms. The molecule has 0 aromatic carbocycles. The first kappa shape index (κ1) is 12.3. The summed E-state index contributed by atoms with van der Waals surface area (Å²) in [5, 5.41) is 0.900. The maximum Gasteiger partial charge on any atom is 0.271 e. The fourth-order valence-corrected chi connectivity index (χ4v) is 3.68. The Balaban J connectivity index is 1.56. The van der Waals surface area contributed by atoms with E-state index in [9.17, 15) is 14.4 Å². The molecule has 1 saturated heterocycles. The lowest BCUT2D eigenvalue weighted by atomic mass is 9.85. The minimum Gasteiger partial charge on any atom is -0.272 e. The van der Waals surface area contributed by atoms with E-state index in [-0.39, 0.29) is 35.5 Å². The van der Waals surface area contributed by atoms with Crippen LogP contribution in [-0.4, -0.2) is 27.7 Å². The number of hydrogen-bond acceptors (Lipinski definition) is 4. The third-order valence-electron chi connectivity index (χ3n) is 4.61. The van der Waals surface area contributed by atoms with Gasteiger partial charge in [-0.2, -0.15) is 5.01 Å². The molecular formula is C15H13N3O3. The van der Waals surface area contributed by atoms with Gasteiger partial charge in [0.05, 0.1) is 17.4 Å². The molecule has 3 amide bonds. The minimum atomic E-state index is -0.495. The number of imide groups is 1. The Morgan fingerprint density at radius 3 is 2.43 bits per heavy atom. The first-order chi connectivity index (χ1) is 10.2. The van der Waals surface area contributed by atoms with Gasteiger partial charge in [0.15, 0.2) is 0 Å². The van der Waals surface area contributed by atoms with Crippen molar-refractivity contribution in [2.45, 2.75) is 6.42 Å². The highest BCUT2D eigenvalue weighted by molar-refractivity contribution is 6.08. The van der Waals surface area contributed by atoms with Gasteiger partial charge < -0.3 is 0 Å². The number of hydrogen-bond donors (Lipinski definition) is 1. The zero-order chi connectivity index (χ0) is 14.6. The number of aromatic nitrogens is 1. The highest BCUT2D eigenvalue weighted by Gasteiger charge is 2.59. The van der Waals surface area contributed by atoms with Gasteiger partial charge >= 0.3 is 0 Å². The largest absolute Gasteiger partial charge is 0.272 e. The quantitative estimate of drug-likeness (QED) is 0.634. The van der Waals surface area contributed by atoms with E-state index >= 15 is 0 Å². The van der Waals surface area contributed by atoms with Gasteiger partial charge in [-0.25, -0.2) is 0 Å². The molecule has 106 valence electrons. The summed E-state index contributed by atoms with van der Waals surface area (Å²) in [6.45, 7) is 0. The molecule has 2 bridgehead atoms. The van der Waals surface area contributed by atoms with Crippen LogP contribution in [0, 0.1) is 23.7 Å². The Bertz CT molecular complexity index is 640. The molecule has 2 fully saturated rings. The van der Waals surface area contributed by atoms with Gasteiger partial charge in [-0.05, 0) is 30.4 Å². The number of rotatable bonds is 2. The monoisotopic (exact) mass is 283 g/mol. The summed E-state index contributed by atoms with van der Waals surface area (Å²) in [5.41, 5.74) is 2.74. The Morgan fingerprint density at radius 2 is 1.86 bits per heavy atom. The molecule has 4 rings (SSSR count). The number of fused-ring (bicyclic) bond motifs is 5. The predicted octanol–water partition coefficient (Wildman–Crippen LogP) is 0.533. The van der Waals surface area contributed by atoms with E-state index in [1.165, 1.54) is 6.20 Å². The van der Waals surface area contributed by atoms with E-state index in [2.05, 4.69) is 10.4 Å². The predicted molar refractivity (Wildman–Crippen MR) is 71.3 cm³/mol. The maximum absolute atomic E-state index is 12.4. The van der Waals surface area contributed by atoms with Crippen LogP contribution in [0.2, 0.25) is 0 Å². The van der Waals surface area contributed by atoms with E-state index in [1.54, 1.807) is 18.3 Å². The average molecular weight is 283 g/mol. The summed E-state index contributed by atoms with van der Waals surface area (Å²) < 4.78 is 0. The number of carbonyl (C=O) groups excluding carboxylic acids is 3. The minimum absolute atomic E-state index is 0.136. The highest BCUT2D eigenvalue weighted by Crippen LogP contribution is 2.52. The molecule has 1 aromatic heterocycles. The second-order valence-corrected chi connectivity index (χ2v) is 5.69. The lowest BCUT2D eigenvalue weighted by Crippen LogP contribution is -2.47. The average Bonchev–Trinajstić information content (AvgIpc) is 3.18. The molecule has 1 saturated carbocycles. The molecule has 0 radical (unpaired) electrons. The standard InChI is InChI=1S/C15H13N3O3/c19-13(10-2-1-5-16-7-10)17-18-14(20)11-8-3-4-9(6-8)12(11)15(18)21/h1-5,7-9,11-12H,6H2,(H,17,19)/t8-,9+,11+,12-. The number of pyridine rings is 1. The summed E-state index contributed by atoms with van der Waals surface area (Å²) in [5.74, 6) is -1.42. The fraction of sp³-hybridized carbons (Fsp3) is 0.333. The van der Waals surface area contributed by atoms with Crippen LogP contribution in [0.1, 0.15) is 16.8 Å². The van der Waals surface area contributed by atoms with Crippen molar-refractivity contribution < 1.29 is 14.4 Å². The third-order valence-corrected chi connectivity index (χ3v) is 4.61. The topological polar surface area (TPSA) is 79.4 Å². The molecule has 21 heavy (non-hydrogen) atoms. The highest BCUT2D eigenvalue weighted by atomic mass is 16.2. The van der Waals surface area contributed by atoms with Crippen LogP contribution >= 0.6 is 0 Å². The van der Waals surface area contributed by atoms with Gasteiger partial charge in [0.2, 0.25) is 0 Å². The number of amides is 3. The first-order valence-corrected chi connectivity index (χ1v) is 6.94. The zero-order valence-electron chi connectivity index (χ0n) is 11.1. The number of hydrazine groups is 1. The van der Waals surface area contributed by atoms with Crippen LogP contribution in [0.15, 0.2) is 36.7 Å². The molecule has 2 aliphatic carbocycles. The van der Waals surface area contributed by atoms with Crippen molar-refractivity contribution in [2.75, 3.05) is 0 Å². The Labute approximate surface area is 120 Å². The van der Waals surface area contributed by atoms with Crippen LogP contribution in [0.4, 0.5) is 0 Å². The third kappa shape index (κ3) is 1.65. The Hall–Kier alpha value is -2.50. The van der Waals surface area contributed by atoms with Crippen LogP contribution in [0.5, 0.6) is 0 Å². The van der Waals surface area contributed by atoms with E-state index in [4.69, 9.17) is 0 Å². The summed E-state index contributed by atoms with van der Waals surface area (Å²) >= 11 is 0. The van der Waals surface area contributed by atoms with Gasteiger partial charge in [0, 0.05) is 12.4 Å². The maximum atomic E-state index is 12.4. The van der Waals surface area contributed by atoms with Gasteiger partial charge in [-0.3, -0.25) is 24.8 Å². The lowest BCUT2D eigenvalue weighted by Gasteiger charge is -2.17. The second-order valence-electron chi connectivity index (χ2n) is 5.69. The summed E-state index contributed by atoms with van der Waals surface area (Å²) in [6, 6.07) is 3.21. The first-order valence-electron chi connectivity index (χ1n) is 6.94. The van der Waals surface area contributed by atoms with Crippen LogP contribution in [-0.2, 0) is 9.59 Å². The summed E-state index contributed by atoms with van der Waals surface area (Å²) in [7, 11) is 0. The molecular weight excluding hydrogens is 270 g/mol. The van der Waals surface area contributed by atoms with E-state index in [1.807, 2.05) is 12.2 Å². The smallest absolute Gasteiger partial charge is 0.271 e. The van der Waals surface area contributed by atoms with Gasteiger partial charge in [0.25, 0.3) is 17.7 Å². The van der Waals surface area contributed by atoms with Crippen molar-refractivity contribution in [1.82, 2.24) is 15.4 Å². The zero-order valence-corrected chi connectivity index (χ0v) is 11.1. The Kier molecular flexibility index (Phi) is 2.48. The molecule has 1 aromatic rings. The summed E-state index contributed by atoms with van der Waals surface area (Å²) in [6.07, 6.45) is 7.85. The second kappa shape index (κ2) is 4.25. The molecule has 2 heterocycles. The number of nitrogens with zero attached hydrogens (tertiary/aromatic N) is 2. The van der Waals surface area contributed by atoms with Gasteiger partial charge in [0.1, 0.15) is 0 Å². The molecule has 0 unspecified atom stereocenters. The molecule has 3 aliphatic rings. The summed E-state index contributed by atoms with van der Waals surface area (Å²) in [4.78, 5) is 40.7. The number of nitrogens with one attached hydrogen (secondary N) is 1.